The number of nitrogens with one attached hydrogen (secondary N) is 1. The summed E-state index contributed by atoms with van der Waals surface area (Å²) in [7, 11) is 4.19. The van der Waals surface area contributed by atoms with Gasteiger partial charge in [0.05, 0.1) is 6.20 Å². The number of aryl methyl sites for hydroxylation is 1. The molecule has 1 rings (SSSR count). The Labute approximate surface area is 91.7 Å². The van der Waals surface area contributed by atoms with Crippen LogP contribution < -0.4 is 5.32 Å². The standard InChI is InChI=1S/C11H20N4/c1-10-8-11(14-13-9-10)12-6-4-5-7-15(2)3/h8-9H,4-7H2,1-3H3,(H,12,14). The second-order valence-electron chi connectivity index (χ2n) is 4.06. The van der Waals surface area contributed by atoms with E-state index in [1.165, 1.54) is 6.42 Å². The van der Waals surface area contributed by atoms with Gasteiger partial charge < -0.3 is 10.2 Å². The molecular formula is C11H20N4. The summed E-state index contributed by atoms with van der Waals surface area (Å²) in [5.41, 5.74) is 1.14. The van der Waals surface area contributed by atoms with Crippen molar-refractivity contribution in [2.75, 3.05) is 32.5 Å². The minimum atomic E-state index is 0.875. The van der Waals surface area contributed by atoms with Gasteiger partial charge in [-0.15, -0.1) is 5.10 Å². The average Bonchev–Trinajstić information content (AvgIpc) is 2.17. The largest absolute Gasteiger partial charge is 0.369 e. The summed E-state index contributed by atoms with van der Waals surface area (Å²) < 4.78 is 0. The Balaban J connectivity index is 2.15. The van der Waals surface area contributed by atoms with Crippen LogP contribution >= 0.6 is 0 Å². The lowest BCUT2D eigenvalue weighted by Gasteiger charge is -2.09. The molecule has 0 radical (unpaired) electrons. The fraction of sp³-hybridized carbons (Fsp3) is 0.636. The van der Waals surface area contributed by atoms with E-state index in [1.54, 1.807) is 6.20 Å². The fourth-order valence-electron chi connectivity index (χ4n) is 1.32. The summed E-state index contributed by atoms with van der Waals surface area (Å²) in [5, 5.41) is 11.2. The molecule has 0 atom stereocenters. The van der Waals surface area contributed by atoms with Gasteiger partial charge in [-0.05, 0) is 52.0 Å². The van der Waals surface area contributed by atoms with Crippen LogP contribution in [0.3, 0.4) is 0 Å². The van der Waals surface area contributed by atoms with Gasteiger partial charge in [0.25, 0.3) is 0 Å². The number of unbranched alkanes of at least 4 members (excludes halogenated alkanes) is 1. The highest BCUT2D eigenvalue weighted by Gasteiger charge is 1.95. The molecule has 0 spiro atoms. The van der Waals surface area contributed by atoms with E-state index in [4.69, 9.17) is 0 Å². The van der Waals surface area contributed by atoms with E-state index < -0.39 is 0 Å². The second kappa shape index (κ2) is 6.35. The first-order chi connectivity index (χ1) is 7.18. The summed E-state index contributed by atoms with van der Waals surface area (Å²) in [6, 6.07) is 2.01. The van der Waals surface area contributed by atoms with E-state index >= 15 is 0 Å². The average molecular weight is 208 g/mol. The van der Waals surface area contributed by atoms with Gasteiger partial charge in [0.15, 0.2) is 0 Å². The van der Waals surface area contributed by atoms with Gasteiger partial charge in [0, 0.05) is 6.54 Å². The zero-order valence-corrected chi connectivity index (χ0v) is 9.82. The number of aromatic nitrogens is 2. The Morgan fingerprint density at radius 1 is 1.33 bits per heavy atom. The zero-order chi connectivity index (χ0) is 11.1. The SMILES string of the molecule is Cc1cnnc(NCCCCN(C)C)c1. The summed E-state index contributed by atoms with van der Waals surface area (Å²) in [5.74, 6) is 0.875. The van der Waals surface area contributed by atoms with Crippen LogP contribution in [0.5, 0.6) is 0 Å². The van der Waals surface area contributed by atoms with Gasteiger partial charge in [-0.1, -0.05) is 0 Å². The minimum Gasteiger partial charge on any atom is -0.369 e. The van der Waals surface area contributed by atoms with Crippen molar-refractivity contribution in [2.24, 2.45) is 0 Å². The molecular weight excluding hydrogens is 188 g/mol. The van der Waals surface area contributed by atoms with Crippen LogP contribution in [0.2, 0.25) is 0 Å². The highest BCUT2D eigenvalue weighted by atomic mass is 15.2. The summed E-state index contributed by atoms with van der Waals surface area (Å²) >= 11 is 0. The summed E-state index contributed by atoms with van der Waals surface area (Å²) in [6.45, 7) is 4.12. The molecule has 4 heteroatoms. The third-order valence-electron chi connectivity index (χ3n) is 2.13. The molecule has 0 amide bonds. The molecule has 4 nitrogen and oxygen atoms in total. The number of hydrogen-bond donors (Lipinski definition) is 1. The normalized spacial score (nSPS) is 10.7. The molecule has 0 saturated carbocycles. The molecule has 0 fully saturated rings. The lowest BCUT2D eigenvalue weighted by molar-refractivity contribution is 0.396. The molecule has 0 aromatic carbocycles. The Morgan fingerprint density at radius 3 is 2.80 bits per heavy atom. The van der Waals surface area contributed by atoms with Gasteiger partial charge in [-0.3, -0.25) is 0 Å². The first-order valence-corrected chi connectivity index (χ1v) is 5.36. The van der Waals surface area contributed by atoms with Crippen LogP contribution in [-0.4, -0.2) is 42.3 Å². The molecule has 0 unspecified atom stereocenters. The van der Waals surface area contributed by atoms with Crippen molar-refractivity contribution in [1.82, 2.24) is 15.1 Å². The molecule has 0 bridgehead atoms. The van der Waals surface area contributed by atoms with Crippen LogP contribution in [0.15, 0.2) is 12.3 Å². The van der Waals surface area contributed by atoms with Crippen LogP contribution in [0, 0.1) is 6.92 Å². The number of rotatable bonds is 6. The summed E-state index contributed by atoms with van der Waals surface area (Å²) in [4.78, 5) is 2.20. The van der Waals surface area contributed by atoms with Crippen molar-refractivity contribution in [1.29, 1.82) is 0 Å². The monoisotopic (exact) mass is 208 g/mol. The highest BCUT2D eigenvalue weighted by molar-refractivity contribution is 5.34. The Kier molecular flexibility index (Phi) is 5.04. The minimum absolute atomic E-state index is 0.875. The van der Waals surface area contributed by atoms with Crippen molar-refractivity contribution in [3.63, 3.8) is 0 Å². The maximum Gasteiger partial charge on any atom is 0.148 e. The Morgan fingerprint density at radius 2 is 2.13 bits per heavy atom. The zero-order valence-electron chi connectivity index (χ0n) is 9.82. The van der Waals surface area contributed by atoms with E-state index in [0.29, 0.717) is 0 Å². The molecule has 1 aromatic heterocycles. The molecule has 0 saturated heterocycles. The van der Waals surface area contributed by atoms with Crippen molar-refractivity contribution in [2.45, 2.75) is 19.8 Å². The van der Waals surface area contributed by atoms with Crippen LogP contribution in [0.4, 0.5) is 5.82 Å². The van der Waals surface area contributed by atoms with E-state index in [-0.39, 0.29) is 0 Å². The third-order valence-corrected chi connectivity index (χ3v) is 2.13. The maximum absolute atomic E-state index is 4.00. The molecule has 0 aliphatic rings. The van der Waals surface area contributed by atoms with Crippen LogP contribution in [-0.2, 0) is 0 Å². The Hall–Kier alpha value is -1.16. The molecule has 15 heavy (non-hydrogen) atoms. The van der Waals surface area contributed by atoms with E-state index in [1.807, 2.05) is 13.0 Å². The predicted molar refractivity (Wildman–Crippen MR) is 63.0 cm³/mol. The number of anilines is 1. The molecule has 1 N–H and O–H groups in total. The van der Waals surface area contributed by atoms with Crippen molar-refractivity contribution < 1.29 is 0 Å². The quantitative estimate of drug-likeness (QED) is 0.720. The van der Waals surface area contributed by atoms with Crippen LogP contribution in [0.25, 0.3) is 0 Å². The van der Waals surface area contributed by atoms with Crippen molar-refractivity contribution in [3.8, 4) is 0 Å². The molecule has 1 heterocycles. The maximum atomic E-state index is 4.00. The molecule has 0 aliphatic heterocycles. The van der Waals surface area contributed by atoms with Crippen molar-refractivity contribution >= 4 is 5.82 Å². The van der Waals surface area contributed by atoms with E-state index in [2.05, 4.69) is 34.5 Å². The predicted octanol–water partition coefficient (Wildman–Crippen LogP) is 1.54. The van der Waals surface area contributed by atoms with Crippen LogP contribution in [0.1, 0.15) is 18.4 Å². The van der Waals surface area contributed by atoms with Gasteiger partial charge >= 0.3 is 0 Å². The smallest absolute Gasteiger partial charge is 0.148 e. The van der Waals surface area contributed by atoms with Gasteiger partial charge in [-0.25, -0.2) is 0 Å². The second-order valence-corrected chi connectivity index (χ2v) is 4.06. The van der Waals surface area contributed by atoms with E-state index in [9.17, 15) is 0 Å². The third kappa shape index (κ3) is 5.32. The first-order valence-electron chi connectivity index (χ1n) is 5.36. The first kappa shape index (κ1) is 11.9. The Bertz CT molecular complexity index is 286. The highest BCUT2D eigenvalue weighted by Crippen LogP contribution is 2.03. The lowest BCUT2D eigenvalue weighted by Crippen LogP contribution is -2.14. The van der Waals surface area contributed by atoms with Gasteiger partial charge in [0.2, 0.25) is 0 Å². The van der Waals surface area contributed by atoms with Gasteiger partial charge in [-0.2, -0.15) is 5.10 Å². The topological polar surface area (TPSA) is 41.1 Å². The summed E-state index contributed by atoms with van der Waals surface area (Å²) in [6.07, 6.45) is 4.13. The number of nitrogens with zero attached hydrogens (tertiary/aromatic N) is 3. The van der Waals surface area contributed by atoms with Crippen molar-refractivity contribution in [3.05, 3.63) is 17.8 Å². The number of hydrogen-bond acceptors (Lipinski definition) is 4. The molecule has 84 valence electrons. The molecule has 1 aromatic rings. The molecule has 0 aliphatic carbocycles. The van der Waals surface area contributed by atoms with Gasteiger partial charge in [0.1, 0.15) is 5.82 Å². The lowest BCUT2D eigenvalue weighted by atomic mass is 10.3. The van der Waals surface area contributed by atoms with E-state index in [0.717, 1.165) is 30.9 Å². The fourth-order valence-corrected chi connectivity index (χ4v) is 1.32.